The third-order valence-electron chi connectivity index (χ3n) is 6.62. The Balaban J connectivity index is 1.09. The number of fused-ring (bicyclic) bond motifs is 1. The number of benzene rings is 1. The molecule has 168 valence electrons. The molecular formula is C24H31N7O. The van der Waals surface area contributed by atoms with Crippen LogP contribution in [0.15, 0.2) is 43.0 Å². The first-order chi connectivity index (χ1) is 15.8. The van der Waals surface area contributed by atoms with E-state index in [1.165, 1.54) is 12.8 Å². The number of amides is 1. The smallest absolute Gasteiger partial charge is 0.251 e. The molecule has 0 spiro atoms. The van der Waals surface area contributed by atoms with E-state index < -0.39 is 0 Å². The van der Waals surface area contributed by atoms with Gasteiger partial charge in [0.2, 0.25) is 0 Å². The lowest BCUT2D eigenvalue weighted by molar-refractivity contribution is 0.0910. The third kappa shape index (κ3) is 4.60. The highest BCUT2D eigenvalue weighted by Gasteiger charge is 2.22. The maximum atomic E-state index is 12.4. The van der Waals surface area contributed by atoms with Crippen LogP contribution < -0.4 is 10.2 Å². The van der Waals surface area contributed by atoms with E-state index in [0.717, 1.165) is 81.1 Å². The van der Waals surface area contributed by atoms with Gasteiger partial charge >= 0.3 is 0 Å². The lowest BCUT2D eigenvalue weighted by atomic mass is 10.0. The van der Waals surface area contributed by atoms with E-state index >= 15 is 0 Å². The van der Waals surface area contributed by atoms with Gasteiger partial charge in [0.05, 0.1) is 6.33 Å². The lowest BCUT2D eigenvalue weighted by Gasteiger charge is -2.32. The first kappa shape index (κ1) is 20.9. The number of aryl methyl sites for hydroxylation is 1. The molecule has 2 aliphatic rings. The summed E-state index contributed by atoms with van der Waals surface area (Å²) in [5.74, 6) is 1.01. The molecular weight excluding hydrogens is 402 g/mol. The molecule has 2 aliphatic heterocycles. The van der Waals surface area contributed by atoms with Gasteiger partial charge in [0.1, 0.15) is 6.33 Å². The fourth-order valence-corrected chi connectivity index (χ4v) is 4.82. The number of rotatable bonds is 7. The van der Waals surface area contributed by atoms with Crippen molar-refractivity contribution in [2.75, 3.05) is 37.6 Å². The number of piperidine rings is 1. The highest BCUT2D eigenvalue weighted by atomic mass is 16.1. The van der Waals surface area contributed by atoms with Crippen molar-refractivity contribution in [3.8, 4) is 0 Å². The van der Waals surface area contributed by atoms with Crippen molar-refractivity contribution in [3.05, 3.63) is 48.5 Å². The molecule has 1 N–H and O–H groups in total. The predicted octanol–water partition coefficient (Wildman–Crippen LogP) is 2.71. The van der Waals surface area contributed by atoms with Crippen LogP contribution in [-0.4, -0.2) is 69.1 Å². The first-order valence-electron chi connectivity index (χ1n) is 11.8. The molecule has 0 aliphatic carbocycles. The van der Waals surface area contributed by atoms with E-state index in [4.69, 9.17) is 0 Å². The molecule has 2 aromatic heterocycles. The SMILES string of the molecule is O=C(NC1CCN(CCCn2cnc3c(N4CCCC4)ncnc32)CC1)c1ccccc1. The van der Waals surface area contributed by atoms with Gasteiger partial charge in [-0.2, -0.15) is 0 Å². The number of aromatic nitrogens is 4. The van der Waals surface area contributed by atoms with E-state index in [1.54, 1.807) is 6.33 Å². The summed E-state index contributed by atoms with van der Waals surface area (Å²) < 4.78 is 2.16. The average molecular weight is 434 g/mol. The Morgan fingerprint density at radius 1 is 0.969 bits per heavy atom. The second-order valence-electron chi connectivity index (χ2n) is 8.81. The maximum absolute atomic E-state index is 12.4. The number of nitrogens with zero attached hydrogens (tertiary/aromatic N) is 6. The number of nitrogens with one attached hydrogen (secondary N) is 1. The van der Waals surface area contributed by atoms with Gasteiger partial charge in [-0.25, -0.2) is 15.0 Å². The van der Waals surface area contributed by atoms with Crippen LogP contribution >= 0.6 is 0 Å². The molecule has 2 fully saturated rings. The minimum absolute atomic E-state index is 0.0336. The third-order valence-corrected chi connectivity index (χ3v) is 6.62. The van der Waals surface area contributed by atoms with Crippen molar-refractivity contribution in [1.82, 2.24) is 29.7 Å². The number of carbonyl (C=O) groups excluding carboxylic acids is 1. The van der Waals surface area contributed by atoms with Crippen molar-refractivity contribution in [3.63, 3.8) is 0 Å². The highest BCUT2D eigenvalue weighted by molar-refractivity contribution is 5.94. The molecule has 8 nitrogen and oxygen atoms in total. The molecule has 0 atom stereocenters. The number of likely N-dealkylation sites (tertiary alicyclic amines) is 1. The van der Waals surface area contributed by atoms with E-state index in [1.807, 2.05) is 36.7 Å². The Kier molecular flexibility index (Phi) is 6.29. The van der Waals surface area contributed by atoms with Gasteiger partial charge in [0.15, 0.2) is 17.0 Å². The van der Waals surface area contributed by atoms with Crippen LogP contribution in [0.2, 0.25) is 0 Å². The van der Waals surface area contributed by atoms with Crippen LogP contribution in [-0.2, 0) is 6.54 Å². The van der Waals surface area contributed by atoms with Crippen molar-refractivity contribution in [1.29, 1.82) is 0 Å². The summed E-state index contributed by atoms with van der Waals surface area (Å²) in [7, 11) is 0. The molecule has 0 saturated carbocycles. The summed E-state index contributed by atoms with van der Waals surface area (Å²) in [5.41, 5.74) is 2.59. The monoisotopic (exact) mass is 433 g/mol. The minimum atomic E-state index is 0.0336. The van der Waals surface area contributed by atoms with Gasteiger partial charge in [0.25, 0.3) is 5.91 Å². The van der Waals surface area contributed by atoms with Crippen LogP contribution in [0.4, 0.5) is 5.82 Å². The van der Waals surface area contributed by atoms with Crippen LogP contribution in [0.1, 0.15) is 42.5 Å². The lowest BCUT2D eigenvalue weighted by Crippen LogP contribution is -2.44. The molecule has 5 rings (SSSR count). The Morgan fingerprint density at radius 3 is 2.53 bits per heavy atom. The molecule has 0 unspecified atom stereocenters. The van der Waals surface area contributed by atoms with Crippen LogP contribution in [0.5, 0.6) is 0 Å². The summed E-state index contributed by atoms with van der Waals surface area (Å²) in [6.45, 7) is 6.10. The van der Waals surface area contributed by atoms with Crippen molar-refractivity contribution in [2.24, 2.45) is 0 Å². The van der Waals surface area contributed by atoms with Crippen LogP contribution in [0.25, 0.3) is 11.2 Å². The first-order valence-corrected chi connectivity index (χ1v) is 11.8. The normalized spacial score (nSPS) is 17.8. The number of hydrogen-bond acceptors (Lipinski definition) is 6. The highest BCUT2D eigenvalue weighted by Crippen LogP contribution is 2.24. The minimum Gasteiger partial charge on any atom is -0.355 e. The molecule has 0 bridgehead atoms. The second kappa shape index (κ2) is 9.65. The van der Waals surface area contributed by atoms with Crippen LogP contribution in [0.3, 0.4) is 0 Å². The topological polar surface area (TPSA) is 79.2 Å². The molecule has 2 saturated heterocycles. The van der Waals surface area contributed by atoms with Crippen molar-refractivity contribution < 1.29 is 4.79 Å². The molecule has 8 heteroatoms. The van der Waals surface area contributed by atoms with Gasteiger partial charge in [-0.15, -0.1) is 0 Å². The predicted molar refractivity (Wildman–Crippen MR) is 125 cm³/mol. The van der Waals surface area contributed by atoms with Gasteiger partial charge < -0.3 is 19.7 Å². The molecule has 4 heterocycles. The van der Waals surface area contributed by atoms with E-state index in [9.17, 15) is 4.79 Å². The quantitative estimate of drug-likeness (QED) is 0.617. The zero-order valence-corrected chi connectivity index (χ0v) is 18.5. The summed E-state index contributed by atoms with van der Waals surface area (Å²) in [6, 6.07) is 9.73. The zero-order valence-electron chi connectivity index (χ0n) is 18.5. The summed E-state index contributed by atoms with van der Waals surface area (Å²) in [4.78, 5) is 30.8. The fourth-order valence-electron chi connectivity index (χ4n) is 4.82. The average Bonchev–Trinajstić information content (AvgIpc) is 3.51. The molecule has 1 amide bonds. The van der Waals surface area contributed by atoms with Gasteiger partial charge in [-0.3, -0.25) is 4.79 Å². The maximum Gasteiger partial charge on any atom is 0.251 e. The van der Waals surface area contributed by atoms with Gasteiger partial charge in [-0.05, 0) is 50.8 Å². The Hall–Kier alpha value is -3.00. The number of imidazole rings is 1. The second-order valence-corrected chi connectivity index (χ2v) is 8.81. The van der Waals surface area contributed by atoms with Crippen molar-refractivity contribution in [2.45, 2.75) is 44.7 Å². The Morgan fingerprint density at radius 2 is 1.75 bits per heavy atom. The fraction of sp³-hybridized carbons (Fsp3) is 0.500. The summed E-state index contributed by atoms with van der Waals surface area (Å²) >= 11 is 0. The number of hydrogen-bond donors (Lipinski definition) is 1. The van der Waals surface area contributed by atoms with E-state index in [-0.39, 0.29) is 11.9 Å². The molecule has 0 radical (unpaired) electrons. The standard InChI is InChI=1S/C24H31N7O/c32-24(19-7-2-1-3-8-19)28-20-9-15-29(16-10-20)11-6-14-31-18-27-21-22(25-17-26-23(21)31)30-12-4-5-13-30/h1-3,7-8,17-18,20H,4-6,9-16H2,(H,28,32). The molecule has 3 aromatic rings. The molecule has 32 heavy (non-hydrogen) atoms. The Bertz CT molecular complexity index is 1040. The van der Waals surface area contributed by atoms with Gasteiger partial charge in [-0.1, -0.05) is 18.2 Å². The number of anilines is 1. The van der Waals surface area contributed by atoms with E-state index in [0.29, 0.717) is 0 Å². The zero-order chi connectivity index (χ0) is 21.8. The summed E-state index contributed by atoms with van der Waals surface area (Å²) in [5, 5.41) is 3.19. The van der Waals surface area contributed by atoms with Crippen molar-refractivity contribution >= 4 is 22.9 Å². The molecule has 1 aromatic carbocycles. The number of carbonyl (C=O) groups is 1. The largest absolute Gasteiger partial charge is 0.355 e. The van der Waals surface area contributed by atoms with Gasteiger partial charge in [0, 0.05) is 44.3 Å². The Labute approximate surface area is 188 Å². The summed E-state index contributed by atoms with van der Waals surface area (Å²) in [6.07, 6.45) is 9.07. The van der Waals surface area contributed by atoms with E-state index in [2.05, 4.69) is 34.6 Å². The van der Waals surface area contributed by atoms with Crippen LogP contribution in [0, 0.1) is 0 Å².